The second kappa shape index (κ2) is 8.16. The Bertz CT molecular complexity index is 1140. The van der Waals surface area contributed by atoms with E-state index in [0.717, 1.165) is 42.7 Å². The average molecular weight is 443 g/mol. The molecule has 0 saturated carbocycles. The highest BCUT2D eigenvalue weighted by Gasteiger charge is 2.26. The van der Waals surface area contributed by atoms with Crippen LogP contribution in [0, 0.1) is 0 Å². The molecule has 1 atom stereocenters. The lowest BCUT2D eigenvalue weighted by Crippen LogP contribution is -2.22. The van der Waals surface area contributed by atoms with E-state index in [0.29, 0.717) is 22.5 Å². The third kappa shape index (κ3) is 3.59. The lowest BCUT2D eigenvalue weighted by molar-refractivity contribution is 0.379. The smallest absolute Gasteiger partial charge is 0.240 e. The molecular formula is C20H19ClN6O2S. The van der Waals surface area contributed by atoms with E-state index in [1.165, 1.54) is 11.8 Å². The molecule has 1 aliphatic heterocycles. The number of para-hydroxylation sites is 1. The fraction of sp³-hybridized carbons (Fsp3) is 0.300. The summed E-state index contributed by atoms with van der Waals surface area (Å²) in [7, 11) is 0. The first-order chi connectivity index (χ1) is 14.7. The van der Waals surface area contributed by atoms with Crippen molar-refractivity contribution >= 4 is 29.3 Å². The maximum atomic E-state index is 6.52. The van der Waals surface area contributed by atoms with Crippen LogP contribution >= 0.6 is 23.4 Å². The topological polar surface area (TPSA) is 86.0 Å². The van der Waals surface area contributed by atoms with Gasteiger partial charge in [0.1, 0.15) is 0 Å². The molecule has 0 N–H and O–H groups in total. The van der Waals surface area contributed by atoms with Crippen molar-refractivity contribution in [3.63, 3.8) is 0 Å². The molecule has 3 aromatic heterocycles. The number of furan rings is 1. The van der Waals surface area contributed by atoms with Gasteiger partial charge in [0.15, 0.2) is 10.9 Å². The van der Waals surface area contributed by atoms with E-state index in [1.807, 2.05) is 35.8 Å². The zero-order valence-corrected chi connectivity index (χ0v) is 17.8. The summed E-state index contributed by atoms with van der Waals surface area (Å²) in [5.74, 6) is 2.28. The Morgan fingerprint density at radius 3 is 2.70 bits per heavy atom. The Labute approximate surface area is 182 Å². The van der Waals surface area contributed by atoms with E-state index in [9.17, 15) is 0 Å². The van der Waals surface area contributed by atoms with Crippen molar-refractivity contribution in [2.75, 3.05) is 18.0 Å². The molecule has 1 aromatic carbocycles. The molecule has 10 heteroatoms. The van der Waals surface area contributed by atoms with Crippen molar-refractivity contribution in [1.29, 1.82) is 0 Å². The van der Waals surface area contributed by atoms with Gasteiger partial charge >= 0.3 is 0 Å². The first kappa shape index (κ1) is 19.2. The molecule has 154 valence electrons. The Hall–Kier alpha value is -2.78. The van der Waals surface area contributed by atoms with Crippen molar-refractivity contribution in [2.45, 2.75) is 30.2 Å². The Balaban J connectivity index is 1.47. The molecule has 0 spiro atoms. The standard InChI is InChI=1S/C20H19ClN6O2S/c1-13(18-22-17(25-29-18)16-9-6-12-28-16)30-20-24-23-19(26-10-4-5-11-26)27(20)15-8-3-2-7-14(15)21/h2-3,6-9,12-13H,4-5,10-11H2,1H3. The van der Waals surface area contributed by atoms with Crippen molar-refractivity contribution < 1.29 is 8.94 Å². The van der Waals surface area contributed by atoms with Crippen LogP contribution in [0.25, 0.3) is 17.3 Å². The van der Waals surface area contributed by atoms with Crippen molar-refractivity contribution in [1.82, 2.24) is 24.9 Å². The van der Waals surface area contributed by atoms with Crippen LogP contribution in [0.2, 0.25) is 5.02 Å². The van der Waals surface area contributed by atoms with Crippen molar-refractivity contribution in [3.8, 4) is 17.3 Å². The van der Waals surface area contributed by atoms with E-state index in [2.05, 4.69) is 25.2 Å². The number of anilines is 1. The van der Waals surface area contributed by atoms with Gasteiger partial charge in [-0.3, -0.25) is 4.57 Å². The minimum atomic E-state index is -0.141. The van der Waals surface area contributed by atoms with E-state index in [-0.39, 0.29) is 5.25 Å². The molecule has 4 aromatic rings. The second-order valence-electron chi connectivity index (χ2n) is 6.96. The fourth-order valence-electron chi connectivity index (χ4n) is 3.42. The predicted octanol–water partition coefficient (Wildman–Crippen LogP) is 5.02. The zero-order chi connectivity index (χ0) is 20.5. The van der Waals surface area contributed by atoms with Gasteiger partial charge in [0.05, 0.1) is 22.2 Å². The third-order valence-corrected chi connectivity index (χ3v) is 6.26. The average Bonchev–Trinajstić information content (AvgIpc) is 3.55. The number of halogens is 1. The SMILES string of the molecule is CC(Sc1nnc(N2CCCC2)n1-c1ccccc1Cl)c1nc(-c2ccco2)no1. The maximum Gasteiger partial charge on any atom is 0.240 e. The monoisotopic (exact) mass is 442 g/mol. The highest BCUT2D eigenvalue weighted by atomic mass is 35.5. The van der Waals surface area contributed by atoms with Gasteiger partial charge in [-0.2, -0.15) is 4.98 Å². The summed E-state index contributed by atoms with van der Waals surface area (Å²) in [5, 5.41) is 14.2. The first-order valence-electron chi connectivity index (χ1n) is 9.70. The molecule has 1 saturated heterocycles. The Morgan fingerprint density at radius 1 is 1.10 bits per heavy atom. The second-order valence-corrected chi connectivity index (χ2v) is 8.67. The van der Waals surface area contributed by atoms with Gasteiger partial charge in [-0.05, 0) is 44.0 Å². The minimum absolute atomic E-state index is 0.141. The van der Waals surface area contributed by atoms with Gasteiger partial charge < -0.3 is 13.8 Å². The predicted molar refractivity (Wildman–Crippen MR) is 114 cm³/mol. The minimum Gasteiger partial charge on any atom is -0.461 e. The summed E-state index contributed by atoms with van der Waals surface area (Å²) >= 11 is 8.02. The lowest BCUT2D eigenvalue weighted by atomic mass is 10.3. The number of thioether (sulfide) groups is 1. The Morgan fingerprint density at radius 2 is 1.93 bits per heavy atom. The van der Waals surface area contributed by atoms with Crippen LogP contribution in [-0.4, -0.2) is 38.0 Å². The quantitative estimate of drug-likeness (QED) is 0.385. The molecule has 1 unspecified atom stereocenters. The molecule has 1 aliphatic rings. The molecule has 0 radical (unpaired) electrons. The fourth-order valence-corrected chi connectivity index (χ4v) is 4.53. The highest BCUT2D eigenvalue weighted by Crippen LogP contribution is 2.38. The van der Waals surface area contributed by atoms with Gasteiger partial charge in [0, 0.05) is 13.1 Å². The zero-order valence-electron chi connectivity index (χ0n) is 16.2. The molecule has 8 nitrogen and oxygen atoms in total. The number of nitrogens with zero attached hydrogens (tertiary/aromatic N) is 6. The largest absolute Gasteiger partial charge is 0.461 e. The van der Waals surface area contributed by atoms with Crippen LogP contribution in [0.5, 0.6) is 0 Å². The molecule has 0 amide bonds. The van der Waals surface area contributed by atoms with Crippen LogP contribution in [0.1, 0.15) is 30.9 Å². The lowest BCUT2D eigenvalue weighted by Gasteiger charge is -2.19. The molecule has 0 bridgehead atoms. The van der Waals surface area contributed by atoms with Gasteiger partial charge in [-0.15, -0.1) is 10.2 Å². The summed E-state index contributed by atoms with van der Waals surface area (Å²) in [5.41, 5.74) is 0.850. The van der Waals surface area contributed by atoms with Gasteiger partial charge in [-0.25, -0.2) is 0 Å². The highest BCUT2D eigenvalue weighted by molar-refractivity contribution is 7.99. The van der Waals surface area contributed by atoms with Crippen LogP contribution in [0.4, 0.5) is 5.95 Å². The summed E-state index contributed by atoms with van der Waals surface area (Å²) < 4.78 is 12.8. The van der Waals surface area contributed by atoms with E-state index >= 15 is 0 Å². The number of hydrogen-bond donors (Lipinski definition) is 0. The summed E-state index contributed by atoms with van der Waals surface area (Å²) in [6.45, 7) is 3.91. The first-order valence-corrected chi connectivity index (χ1v) is 11.0. The normalized spacial score (nSPS) is 15.1. The number of hydrogen-bond acceptors (Lipinski definition) is 8. The molecule has 4 heterocycles. The van der Waals surface area contributed by atoms with Gasteiger partial charge in [0.25, 0.3) is 0 Å². The third-order valence-electron chi connectivity index (χ3n) is 4.91. The molecule has 5 rings (SSSR count). The molecular weight excluding hydrogens is 424 g/mol. The van der Waals surface area contributed by atoms with Crippen LogP contribution in [-0.2, 0) is 0 Å². The van der Waals surface area contributed by atoms with E-state index in [1.54, 1.807) is 18.4 Å². The van der Waals surface area contributed by atoms with Crippen molar-refractivity contribution in [2.24, 2.45) is 0 Å². The number of rotatable bonds is 6. The van der Waals surface area contributed by atoms with Crippen LogP contribution in [0.3, 0.4) is 0 Å². The van der Waals surface area contributed by atoms with Crippen LogP contribution in [0.15, 0.2) is 56.8 Å². The molecule has 30 heavy (non-hydrogen) atoms. The summed E-state index contributed by atoms with van der Waals surface area (Å²) in [6.07, 6.45) is 3.87. The van der Waals surface area contributed by atoms with Gasteiger partial charge in [0.2, 0.25) is 17.7 Å². The number of benzene rings is 1. The van der Waals surface area contributed by atoms with E-state index in [4.69, 9.17) is 20.5 Å². The number of aromatic nitrogens is 5. The van der Waals surface area contributed by atoms with Gasteiger partial charge in [-0.1, -0.05) is 40.7 Å². The summed E-state index contributed by atoms with van der Waals surface area (Å²) in [6, 6.07) is 11.3. The van der Waals surface area contributed by atoms with E-state index < -0.39 is 0 Å². The maximum absolute atomic E-state index is 6.52. The van der Waals surface area contributed by atoms with Crippen LogP contribution < -0.4 is 4.90 Å². The molecule has 1 fully saturated rings. The summed E-state index contributed by atoms with van der Waals surface area (Å²) in [4.78, 5) is 6.71. The molecule has 0 aliphatic carbocycles. The Kier molecular flexibility index (Phi) is 5.22. The van der Waals surface area contributed by atoms with Crippen molar-refractivity contribution in [3.05, 3.63) is 53.6 Å².